The lowest BCUT2D eigenvalue weighted by Gasteiger charge is -2.16. The van der Waals surface area contributed by atoms with E-state index < -0.39 is 0 Å². The summed E-state index contributed by atoms with van der Waals surface area (Å²) in [4.78, 5) is 6.79. The number of nitrogens with zero attached hydrogens (tertiary/aromatic N) is 2. The Kier molecular flexibility index (Phi) is 4.39. The molecule has 0 spiro atoms. The van der Waals surface area contributed by atoms with Crippen molar-refractivity contribution in [3.63, 3.8) is 0 Å². The van der Waals surface area contributed by atoms with E-state index in [-0.39, 0.29) is 5.82 Å². The molecule has 0 bridgehead atoms. The zero-order valence-electron chi connectivity index (χ0n) is 11.6. The Bertz CT molecular complexity index is 609. The van der Waals surface area contributed by atoms with Gasteiger partial charge in [0.25, 0.3) is 0 Å². The van der Waals surface area contributed by atoms with Crippen molar-refractivity contribution in [1.82, 2.24) is 4.98 Å². The van der Waals surface area contributed by atoms with Gasteiger partial charge < -0.3 is 10.2 Å². The maximum atomic E-state index is 13.2. The van der Waals surface area contributed by atoms with E-state index in [0.717, 1.165) is 34.6 Å². The summed E-state index contributed by atoms with van der Waals surface area (Å²) >= 11 is 3.43. The van der Waals surface area contributed by atoms with Crippen LogP contribution in [0, 0.1) is 5.82 Å². The molecule has 3 rings (SSSR count). The lowest BCUT2D eigenvalue weighted by Crippen LogP contribution is -2.18. The Balaban J connectivity index is 1.64. The molecule has 3 nitrogen and oxygen atoms in total. The van der Waals surface area contributed by atoms with Crippen LogP contribution < -0.4 is 10.2 Å². The van der Waals surface area contributed by atoms with E-state index in [4.69, 9.17) is 0 Å². The van der Waals surface area contributed by atoms with Crippen molar-refractivity contribution < 1.29 is 4.39 Å². The summed E-state index contributed by atoms with van der Waals surface area (Å²) in [5.74, 6) is 0.808. The molecule has 0 saturated carbocycles. The molecule has 0 radical (unpaired) electrons. The van der Waals surface area contributed by atoms with Crippen LogP contribution in [0.1, 0.15) is 18.4 Å². The minimum atomic E-state index is -0.225. The third-order valence-electron chi connectivity index (χ3n) is 3.67. The number of halogens is 2. The molecule has 2 heterocycles. The molecule has 0 atom stereocenters. The van der Waals surface area contributed by atoms with Gasteiger partial charge in [-0.15, -0.1) is 0 Å². The molecule has 1 aliphatic heterocycles. The molecular formula is C16H17BrFN3. The second kappa shape index (κ2) is 6.43. The van der Waals surface area contributed by atoms with Crippen LogP contribution in [-0.4, -0.2) is 18.1 Å². The molecule has 1 fully saturated rings. The van der Waals surface area contributed by atoms with Crippen LogP contribution in [0.4, 0.5) is 15.9 Å². The predicted octanol–water partition coefficient (Wildman–Crippen LogP) is 4.20. The Morgan fingerprint density at radius 1 is 1.19 bits per heavy atom. The lowest BCUT2D eigenvalue weighted by atomic mass is 10.2. The van der Waals surface area contributed by atoms with Gasteiger partial charge >= 0.3 is 0 Å². The number of rotatable bonds is 4. The minimum absolute atomic E-state index is 0.225. The number of benzene rings is 1. The topological polar surface area (TPSA) is 28.2 Å². The standard InChI is InChI=1S/C16H17BrFN3/c17-15-5-3-13(18)9-12(15)10-19-14-4-6-16(20-11-14)21-7-1-2-8-21/h3-6,9,11,19H,1-2,7-8,10H2. The van der Waals surface area contributed by atoms with Crippen LogP contribution in [0.5, 0.6) is 0 Å². The summed E-state index contributed by atoms with van der Waals surface area (Å²) in [6, 6.07) is 8.76. The molecule has 1 aromatic heterocycles. The molecular weight excluding hydrogens is 333 g/mol. The second-order valence-electron chi connectivity index (χ2n) is 5.19. The third kappa shape index (κ3) is 3.53. The summed E-state index contributed by atoms with van der Waals surface area (Å²) in [7, 11) is 0. The van der Waals surface area contributed by atoms with Crippen molar-refractivity contribution in [2.75, 3.05) is 23.3 Å². The van der Waals surface area contributed by atoms with Crippen LogP contribution in [-0.2, 0) is 6.54 Å². The molecule has 110 valence electrons. The van der Waals surface area contributed by atoms with Gasteiger partial charge in [-0.1, -0.05) is 15.9 Å². The molecule has 1 saturated heterocycles. The molecule has 1 aromatic carbocycles. The number of pyridine rings is 1. The maximum absolute atomic E-state index is 13.2. The highest BCUT2D eigenvalue weighted by Gasteiger charge is 2.12. The smallest absolute Gasteiger partial charge is 0.128 e. The molecule has 1 N–H and O–H groups in total. The summed E-state index contributed by atoms with van der Waals surface area (Å²) < 4.78 is 14.1. The quantitative estimate of drug-likeness (QED) is 0.896. The van der Waals surface area contributed by atoms with E-state index in [0.29, 0.717) is 6.54 Å². The minimum Gasteiger partial charge on any atom is -0.380 e. The van der Waals surface area contributed by atoms with Gasteiger partial charge in [0.1, 0.15) is 11.6 Å². The molecule has 2 aromatic rings. The van der Waals surface area contributed by atoms with Crippen molar-refractivity contribution in [3.8, 4) is 0 Å². The van der Waals surface area contributed by atoms with Gasteiger partial charge in [-0.2, -0.15) is 0 Å². The fourth-order valence-corrected chi connectivity index (χ4v) is 2.89. The predicted molar refractivity (Wildman–Crippen MR) is 87.1 cm³/mol. The third-order valence-corrected chi connectivity index (χ3v) is 4.44. The molecule has 5 heteroatoms. The van der Waals surface area contributed by atoms with Crippen molar-refractivity contribution in [3.05, 3.63) is 52.4 Å². The molecule has 0 aliphatic carbocycles. The van der Waals surface area contributed by atoms with Crippen molar-refractivity contribution in [2.24, 2.45) is 0 Å². The van der Waals surface area contributed by atoms with E-state index in [1.807, 2.05) is 18.3 Å². The van der Waals surface area contributed by atoms with E-state index in [9.17, 15) is 4.39 Å². The summed E-state index contributed by atoms with van der Waals surface area (Å²) in [6.07, 6.45) is 4.32. The fraction of sp³-hybridized carbons (Fsp3) is 0.312. The Labute approximate surface area is 132 Å². The normalized spacial score (nSPS) is 14.5. The second-order valence-corrected chi connectivity index (χ2v) is 6.04. The van der Waals surface area contributed by atoms with Crippen molar-refractivity contribution in [2.45, 2.75) is 19.4 Å². The number of hydrogen-bond acceptors (Lipinski definition) is 3. The maximum Gasteiger partial charge on any atom is 0.128 e. The van der Waals surface area contributed by atoms with Crippen LogP contribution in [0.3, 0.4) is 0 Å². The van der Waals surface area contributed by atoms with Crippen LogP contribution in [0.15, 0.2) is 41.0 Å². The van der Waals surface area contributed by atoms with Gasteiger partial charge in [-0.05, 0) is 48.7 Å². The lowest BCUT2D eigenvalue weighted by molar-refractivity contribution is 0.625. The number of anilines is 2. The molecule has 0 amide bonds. The Morgan fingerprint density at radius 2 is 2.00 bits per heavy atom. The van der Waals surface area contributed by atoms with Crippen LogP contribution >= 0.6 is 15.9 Å². The summed E-state index contributed by atoms with van der Waals surface area (Å²) in [5, 5.41) is 3.27. The first-order chi connectivity index (χ1) is 10.2. The number of aromatic nitrogens is 1. The number of hydrogen-bond donors (Lipinski definition) is 1. The first-order valence-electron chi connectivity index (χ1n) is 7.11. The average Bonchev–Trinajstić information content (AvgIpc) is 3.03. The van der Waals surface area contributed by atoms with Gasteiger partial charge in [0, 0.05) is 24.1 Å². The van der Waals surface area contributed by atoms with Gasteiger partial charge in [-0.3, -0.25) is 0 Å². The Hall–Kier alpha value is -1.62. The van der Waals surface area contributed by atoms with E-state index in [2.05, 4.69) is 31.1 Å². The van der Waals surface area contributed by atoms with Crippen LogP contribution in [0.25, 0.3) is 0 Å². The summed E-state index contributed by atoms with van der Waals surface area (Å²) in [6.45, 7) is 2.75. The fourth-order valence-electron chi connectivity index (χ4n) is 2.50. The van der Waals surface area contributed by atoms with E-state index in [1.165, 1.54) is 25.0 Å². The van der Waals surface area contributed by atoms with Crippen molar-refractivity contribution in [1.29, 1.82) is 0 Å². The number of nitrogens with one attached hydrogen (secondary N) is 1. The van der Waals surface area contributed by atoms with Gasteiger partial charge in [0.2, 0.25) is 0 Å². The first-order valence-corrected chi connectivity index (χ1v) is 7.90. The summed E-state index contributed by atoms with van der Waals surface area (Å²) in [5.41, 5.74) is 1.83. The van der Waals surface area contributed by atoms with E-state index in [1.54, 1.807) is 6.07 Å². The Morgan fingerprint density at radius 3 is 2.71 bits per heavy atom. The molecule has 1 aliphatic rings. The van der Waals surface area contributed by atoms with Crippen LogP contribution in [0.2, 0.25) is 0 Å². The largest absolute Gasteiger partial charge is 0.380 e. The van der Waals surface area contributed by atoms with E-state index >= 15 is 0 Å². The molecule has 0 unspecified atom stereocenters. The van der Waals surface area contributed by atoms with Gasteiger partial charge in [-0.25, -0.2) is 9.37 Å². The highest BCUT2D eigenvalue weighted by atomic mass is 79.9. The highest BCUT2D eigenvalue weighted by molar-refractivity contribution is 9.10. The average molecular weight is 350 g/mol. The monoisotopic (exact) mass is 349 g/mol. The zero-order valence-corrected chi connectivity index (χ0v) is 13.2. The SMILES string of the molecule is Fc1ccc(Br)c(CNc2ccc(N3CCCC3)nc2)c1. The van der Waals surface area contributed by atoms with Gasteiger partial charge in [0.15, 0.2) is 0 Å². The zero-order chi connectivity index (χ0) is 14.7. The van der Waals surface area contributed by atoms with Gasteiger partial charge in [0.05, 0.1) is 11.9 Å². The highest BCUT2D eigenvalue weighted by Crippen LogP contribution is 2.21. The first kappa shape index (κ1) is 14.3. The van der Waals surface area contributed by atoms with Crippen molar-refractivity contribution >= 4 is 27.4 Å². The molecule has 21 heavy (non-hydrogen) atoms.